The van der Waals surface area contributed by atoms with Crippen molar-refractivity contribution in [1.29, 1.82) is 0 Å². The van der Waals surface area contributed by atoms with Crippen LogP contribution in [-0.4, -0.2) is 83.0 Å². The van der Waals surface area contributed by atoms with E-state index in [9.17, 15) is 17.6 Å². The number of halogens is 1. The van der Waals surface area contributed by atoms with Gasteiger partial charge in [-0.05, 0) is 63.3 Å². The van der Waals surface area contributed by atoms with Crippen molar-refractivity contribution in [3.63, 3.8) is 0 Å². The molecule has 1 saturated heterocycles. The Morgan fingerprint density at radius 3 is 2.27 bits per heavy atom. The third-order valence-electron chi connectivity index (χ3n) is 6.42. The monoisotopic (exact) mass is 550 g/mol. The molecule has 0 N–H and O–H groups in total. The van der Waals surface area contributed by atoms with Gasteiger partial charge in [0.25, 0.3) is 0 Å². The van der Waals surface area contributed by atoms with Gasteiger partial charge < -0.3 is 14.4 Å². The summed E-state index contributed by atoms with van der Waals surface area (Å²) in [6.45, 7) is 1.48. The Balaban J connectivity index is 1.56. The first-order valence-electron chi connectivity index (χ1n) is 11.9. The zero-order chi connectivity index (χ0) is 26.7. The van der Waals surface area contributed by atoms with Crippen LogP contribution in [0, 0.1) is 11.7 Å². The minimum absolute atomic E-state index is 0.0451. The number of fused-ring (bicyclic) bond motifs is 1. The van der Waals surface area contributed by atoms with Gasteiger partial charge in [-0.3, -0.25) is 9.69 Å². The number of hydrogen-bond acceptors (Lipinski definition) is 8. The van der Waals surface area contributed by atoms with Gasteiger partial charge in [-0.2, -0.15) is 4.31 Å². The molecule has 0 radical (unpaired) electrons. The number of piperidine rings is 1. The quantitative estimate of drug-likeness (QED) is 0.403. The lowest BCUT2D eigenvalue weighted by Crippen LogP contribution is -2.46. The fourth-order valence-electron chi connectivity index (χ4n) is 4.31. The molecule has 9 nitrogen and oxygen atoms in total. The number of carbonyl (C=O) groups excluding carboxylic acids is 1. The topological polar surface area (TPSA) is 92.3 Å². The van der Waals surface area contributed by atoms with Crippen molar-refractivity contribution >= 4 is 42.6 Å². The van der Waals surface area contributed by atoms with Crippen LogP contribution in [0.5, 0.6) is 11.5 Å². The zero-order valence-corrected chi connectivity index (χ0v) is 22.9. The number of likely N-dealkylation sites (N-methyl/N-ethyl adjacent to an activating group) is 1. The van der Waals surface area contributed by atoms with E-state index in [1.54, 1.807) is 25.2 Å². The summed E-state index contributed by atoms with van der Waals surface area (Å²) in [5, 5.41) is 0.547. The van der Waals surface area contributed by atoms with Crippen molar-refractivity contribution in [3.8, 4) is 11.5 Å². The van der Waals surface area contributed by atoms with Gasteiger partial charge in [0, 0.05) is 32.1 Å². The Kier molecular flexibility index (Phi) is 8.32. The maximum Gasteiger partial charge on any atom is 0.243 e. The number of nitrogens with zero attached hydrogens (tertiary/aromatic N) is 4. The summed E-state index contributed by atoms with van der Waals surface area (Å²) in [4.78, 5) is 22.2. The maximum absolute atomic E-state index is 13.8. The lowest BCUT2D eigenvalue weighted by Gasteiger charge is -2.33. The second kappa shape index (κ2) is 11.3. The number of carbonyl (C=O) groups is 1. The molecular weight excluding hydrogens is 519 g/mol. The minimum Gasteiger partial charge on any atom is -0.495 e. The van der Waals surface area contributed by atoms with Crippen molar-refractivity contribution in [2.45, 2.75) is 17.7 Å². The standard InChI is InChI=1S/C25H31FN4O5S2/c1-28(2)15-16-30(25-27-22-20(34-3)9-10-21(35-4)23(22)36-25)24(31)17-11-13-29(14-12-17)37(32,33)19-7-5-18(26)6-8-19/h5-10,17H,11-16H2,1-4H3. The zero-order valence-electron chi connectivity index (χ0n) is 21.3. The van der Waals surface area contributed by atoms with Crippen molar-refractivity contribution < 1.29 is 27.1 Å². The van der Waals surface area contributed by atoms with E-state index in [1.165, 1.54) is 27.8 Å². The van der Waals surface area contributed by atoms with Gasteiger partial charge in [-0.15, -0.1) is 0 Å². The third kappa shape index (κ3) is 5.71. The Bertz CT molecular complexity index is 1310. The first kappa shape index (κ1) is 27.2. The lowest BCUT2D eigenvalue weighted by atomic mass is 9.96. The minimum atomic E-state index is -3.76. The van der Waals surface area contributed by atoms with Gasteiger partial charge in [0.05, 0.1) is 19.1 Å². The van der Waals surface area contributed by atoms with E-state index in [0.717, 1.165) is 16.8 Å². The molecule has 0 aliphatic carbocycles. The summed E-state index contributed by atoms with van der Waals surface area (Å²) >= 11 is 1.37. The molecule has 4 rings (SSSR count). The fourth-order valence-corrected chi connectivity index (χ4v) is 6.88. The molecule has 0 saturated carbocycles. The first-order chi connectivity index (χ1) is 17.6. The van der Waals surface area contributed by atoms with Crippen LogP contribution in [0.3, 0.4) is 0 Å². The number of ether oxygens (including phenoxy) is 2. The number of methoxy groups -OCH3 is 2. The van der Waals surface area contributed by atoms with E-state index in [2.05, 4.69) is 0 Å². The number of sulfonamides is 1. The van der Waals surface area contributed by atoms with Crippen LogP contribution >= 0.6 is 11.3 Å². The Labute approximate surface area is 220 Å². The molecule has 1 amide bonds. The summed E-state index contributed by atoms with van der Waals surface area (Å²) in [6, 6.07) is 8.39. The number of benzene rings is 2. The molecule has 1 aliphatic heterocycles. The Morgan fingerprint density at radius 1 is 1.05 bits per heavy atom. The number of thiazole rings is 1. The van der Waals surface area contributed by atoms with Gasteiger partial charge >= 0.3 is 0 Å². The highest BCUT2D eigenvalue weighted by Crippen LogP contribution is 2.40. The largest absolute Gasteiger partial charge is 0.495 e. The van der Waals surface area contributed by atoms with E-state index in [4.69, 9.17) is 14.5 Å². The highest BCUT2D eigenvalue weighted by Gasteiger charge is 2.35. The molecule has 0 spiro atoms. The Hall–Kier alpha value is -2.80. The maximum atomic E-state index is 13.8. The average molecular weight is 551 g/mol. The summed E-state index contributed by atoms with van der Waals surface area (Å²) < 4.78 is 52.4. The number of aromatic nitrogens is 1. The summed E-state index contributed by atoms with van der Waals surface area (Å²) in [5.41, 5.74) is 0.629. The number of amides is 1. The molecule has 2 heterocycles. The second-order valence-electron chi connectivity index (χ2n) is 9.07. The molecular formula is C25H31FN4O5S2. The molecule has 0 unspecified atom stereocenters. The molecule has 3 aromatic rings. The van der Waals surface area contributed by atoms with Crippen LogP contribution in [-0.2, 0) is 14.8 Å². The van der Waals surface area contributed by atoms with Crippen molar-refractivity contribution in [2.24, 2.45) is 5.92 Å². The van der Waals surface area contributed by atoms with E-state index in [1.807, 2.05) is 25.1 Å². The lowest BCUT2D eigenvalue weighted by molar-refractivity contribution is -0.123. The van der Waals surface area contributed by atoms with Crippen LogP contribution in [0.15, 0.2) is 41.3 Å². The van der Waals surface area contributed by atoms with Gasteiger partial charge in [0.2, 0.25) is 15.9 Å². The Morgan fingerprint density at radius 2 is 1.68 bits per heavy atom. The molecule has 0 atom stereocenters. The van der Waals surface area contributed by atoms with Crippen LogP contribution in [0.2, 0.25) is 0 Å². The molecule has 1 aliphatic rings. The molecule has 1 fully saturated rings. The highest BCUT2D eigenvalue weighted by molar-refractivity contribution is 7.89. The molecule has 0 bridgehead atoms. The average Bonchev–Trinajstić information content (AvgIpc) is 3.33. The van der Waals surface area contributed by atoms with Crippen LogP contribution in [0.25, 0.3) is 10.2 Å². The first-order valence-corrected chi connectivity index (χ1v) is 14.1. The van der Waals surface area contributed by atoms with Gasteiger partial charge in [-0.25, -0.2) is 17.8 Å². The summed E-state index contributed by atoms with van der Waals surface area (Å²) in [6.07, 6.45) is 0.768. The molecule has 12 heteroatoms. The summed E-state index contributed by atoms with van der Waals surface area (Å²) in [7, 11) is 3.27. The van der Waals surface area contributed by atoms with E-state index >= 15 is 0 Å². The van der Waals surface area contributed by atoms with Gasteiger partial charge in [-0.1, -0.05) is 11.3 Å². The van der Waals surface area contributed by atoms with E-state index in [0.29, 0.717) is 48.1 Å². The van der Waals surface area contributed by atoms with Crippen LogP contribution < -0.4 is 14.4 Å². The smallest absolute Gasteiger partial charge is 0.243 e. The van der Waals surface area contributed by atoms with Crippen molar-refractivity contribution in [1.82, 2.24) is 14.2 Å². The SMILES string of the molecule is COc1ccc(OC)c2sc(N(CCN(C)C)C(=O)C3CCN(S(=O)(=O)c4ccc(F)cc4)CC3)nc12. The van der Waals surface area contributed by atoms with Crippen LogP contribution in [0.1, 0.15) is 12.8 Å². The molecule has 37 heavy (non-hydrogen) atoms. The number of hydrogen-bond donors (Lipinski definition) is 0. The predicted molar refractivity (Wildman–Crippen MR) is 142 cm³/mol. The molecule has 1 aromatic heterocycles. The highest BCUT2D eigenvalue weighted by atomic mass is 32.2. The van der Waals surface area contributed by atoms with Crippen molar-refractivity contribution in [2.75, 3.05) is 59.4 Å². The van der Waals surface area contributed by atoms with E-state index in [-0.39, 0.29) is 29.8 Å². The predicted octanol–water partition coefficient (Wildman–Crippen LogP) is 3.45. The molecule has 2 aromatic carbocycles. The van der Waals surface area contributed by atoms with Crippen molar-refractivity contribution in [3.05, 3.63) is 42.2 Å². The number of rotatable bonds is 9. The second-order valence-corrected chi connectivity index (χ2v) is 12.0. The van der Waals surface area contributed by atoms with Gasteiger partial charge in [0.1, 0.15) is 27.5 Å². The normalized spacial score (nSPS) is 15.3. The fraction of sp³-hybridized carbons (Fsp3) is 0.440. The van der Waals surface area contributed by atoms with Gasteiger partial charge in [0.15, 0.2) is 5.13 Å². The summed E-state index contributed by atoms with van der Waals surface area (Å²) in [5.74, 6) is 0.318. The third-order valence-corrected chi connectivity index (χ3v) is 9.43. The van der Waals surface area contributed by atoms with Crippen LogP contribution in [0.4, 0.5) is 9.52 Å². The molecule has 200 valence electrons. The number of anilines is 1. The van der Waals surface area contributed by atoms with E-state index < -0.39 is 15.8 Å².